The fourth-order valence-electron chi connectivity index (χ4n) is 2.89. The van der Waals surface area contributed by atoms with Gasteiger partial charge < -0.3 is 10.1 Å². The number of aromatic nitrogens is 2. The number of hydrogen-bond acceptors (Lipinski definition) is 4. The quantitative estimate of drug-likeness (QED) is 0.687. The van der Waals surface area contributed by atoms with Crippen LogP contribution in [0.4, 0.5) is 0 Å². The molecule has 1 amide bonds. The standard InChI is InChI=1S/C22H23N3O3/c1-16-12-17(2)14-19(13-16)28-15-21(26)23-10-11-25-22(27)9-8-20(24-25)18-6-4-3-5-7-18/h3-9,12-14H,10-11,15H2,1-2H3,(H,23,26). The van der Waals surface area contributed by atoms with E-state index in [-0.39, 0.29) is 24.6 Å². The predicted octanol–water partition coefficient (Wildman–Crippen LogP) is 2.72. The molecule has 6 heteroatoms. The zero-order valence-corrected chi connectivity index (χ0v) is 16.0. The van der Waals surface area contributed by atoms with Crippen molar-refractivity contribution in [2.24, 2.45) is 0 Å². The first-order valence-corrected chi connectivity index (χ1v) is 9.13. The third kappa shape index (κ3) is 5.30. The summed E-state index contributed by atoms with van der Waals surface area (Å²) in [6, 6.07) is 18.6. The Morgan fingerprint density at radius 2 is 1.75 bits per heavy atom. The van der Waals surface area contributed by atoms with Gasteiger partial charge in [-0.3, -0.25) is 9.59 Å². The molecule has 0 atom stereocenters. The molecule has 1 heterocycles. The minimum atomic E-state index is -0.244. The van der Waals surface area contributed by atoms with Crippen molar-refractivity contribution < 1.29 is 9.53 Å². The van der Waals surface area contributed by atoms with E-state index in [1.807, 2.05) is 62.4 Å². The molecule has 3 aromatic rings. The molecule has 144 valence electrons. The summed E-state index contributed by atoms with van der Waals surface area (Å²) in [6.45, 7) is 4.46. The number of nitrogens with one attached hydrogen (secondary N) is 1. The van der Waals surface area contributed by atoms with Crippen LogP contribution in [0.15, 0.2) is 65.5 Å². The van der Waals surface area contributed by atoms with Gasteiger partial charge in [0.2, 0.25) is 0 Å². The number of benzene rings is 2. The smallest absolute Gasteiger partial charge is 0.266 e. The van der Waals surface area contributed by atoms with Crippen LogP contribution in [-0.2, 0) is 11.3 Å². The molecule has 0 aliphatic heterocycles. The van der Waals surface area contributed by atoms with Gasteiger partial charge in [-0.15, -0.1) is 0 Å². The number of carbonyl (C=O) groups excluding carboxylic acids is 1. The summed E-state index contributed by atoms with van der Waals surface area (Å²) < 4.78 is 6.89. The van der Waals surface area contributed by atoms with Gasteiger partial charge in [0.1, 0.15) is 5.75 Å². The van der Waals surface area contributed by atoms with E-state index in [1.165, 1.54) is 10.7 Å². The lowest BCUT2D eigenvalue weighted by molar-refractivity contribution is -0.123. The van der Waals surface area contributed by atoms with E-state index in [2.05, 4.69) is 10.4 Å². The molecule has 28 heavy (non-hydrogen) atoms. The Morgan fingerprint density at radius 1 is 1.04 bits per heavy atom. The molecule has 0 unspecified atom stereocenters. The number of carbonyl (C=O) groups is 1. The summed E-state index contributed by atoms with van der Waals surface area (Å²) >= 11 is 0. The molecule has 0 aliphatic carbocycles. The normalized spacial score (nSPS) is 10.5. The minimum absolute atomic E-state index is 0.0741. The third-order valence-corrected chi connectivity index (χ3v) is 4.15. The molecule has 1 aromatic heterocycles. The van der Waals surface area contributed by atoms with Crippen LogP contribution >= 0.6 is 0 Å². The highest BCUT2D eigenvalue weighted by atomic mass is 16.5. The maximum Gasteiger partial charge on any atom is 0.266 e. The number of hydrogen-bond donors (Lipinski definition) is 1. The molecule has 0 saturated carbocycles. The summed E-state index contributed by atoms with van der Waals surface area (Å²) in [7, 11) is 0. The number of rotatable bonds is 7. The largest absolute Gasteiger partial charge is 0.484 e. The van der Waals surface area contributed by atoms with Crippen LogP contribution in [0.3, 0.4) is 0 Å². The van der Waals surface area contributed by atoms with E-state index in [9.17, 15) is 9.59 Å². The Morgan fingerprint density at radius 3 is 2.46 bits per heavy atom. The average molecular weight is 377 g/mol. The molecule has 0 aliphatic rings. The summed E-state index contributed by atoms with van der Waals surface area (Å²) in [4.78, 5) is 24.0. The first-order chi connectivity index (χ1) is 13.5. The van der Waals surface area contributed by atoms with Gasteiger partial charge in [-0.25, -0.2) is 4.68 Å². The van der Waals surface area contributed by atoms with E-state index in [4.69, 9.17) is 4.74 Å². The van der Waals surface area contributed by atoms with Gasteiger partial charge in [0.25, 0.3) is 11.5 Å². The van der Waals surface area contributed by atoms with Gasteiger partial charge in [0.15, 0.2) is 6.61 Å². The van der Waals surface area contributed by atoms with E-state index < -0.39 is 0 Å². The Hall–Kier alpha value is -3.41. The molecular formula is C22H23N3O3. The summed E-state index contributed by atoms with van der Waals surface area (Å²) in [5.74, 6) is 0.424. The molecular weight excluding hydrogens is 354 g/mol. The van der Waals surface area contributed by atoms with E-state index in [0.717, 1.165) is 16.7 Å². The van der Waals surface area contributed by atoms with E-state index >= 15 is 0 Å². The Bertz CT molecular complexity index is 993. The van der Waals surface area contributed by atoms with Gasteiger partial charge in [0, 0.05) is 18.2 Å². The molecule has 6 nitrogen and oxygen atoms in total. The lowest BCUT2D eigenvalue weighted by Gasteiger charge is -2.10. The highest BCUT2D eigenvalue weighted by Gasteiger charge is 2.06. The predicted molar refractivity (Wildman–Crippen MR) is 108 cm³/mol. The highest BCUT2D eigenvalue weighted by molar-refractivity contribution is 5.77. The number of amides is 1. The van der Waals surface area contributed by atoms with Gasteiger partial charge in [0.05, 0.1) is 12.2 Å². The third-order valence-electron chi connectivity index (χ3n) is 4.15. The van der Waals surface area contributed by atoms with Crippen LogP contribution in [0.5, 0.6) is 5.75 Å². The monoisotopic (exact) mass is 377 g/mol. The van der Waals surface area contributed by atoms with Crippen LogP contribution < -0.4 is 15.6 Å². The lowest BCUT2D eigenvalue weighted by atomic mass is 10.1. The second-order valence-electron chi connectivity index (χ2n) is 6.61. The SMILES string of the molecule is Cc1cc(C)cc(OCC(=O)NCCn2nc(-c3ccccc3)ccc2=O)c1. The van der Waals surface area contributed by atoms with Crippen LogP contribution in [0.1, 0.15) is 11.1 Å². The Labute approximate surface area is 163 Å². The molecule has 0 spiro atoms. The molecule has 0 saturated heterocycles. The van der Waals surface area contributed by atoms with Crippen molar-refractivity contribution in [3.63, 3.8) is 0 Å². The second-order valence-corrected chi connectivity index (χ2v) is 6.61. The van der Waals surface area contributed by atoms with Gasteiger partial charge in [-0.05, 0) is 43.2 Å². The molecule has 0 bridgehead atoms. The van der Waals surface area contributed by atoms with Gasteiger partial charge in [-0.2, -0.15) is 5.10 Å². The van der Waals surface area contributed by atoms with Gasteiger partial charge >= 0.3 is 0 Å². The fraction of sp³-hybridized carbons (Fsp3) is 0.227. The first kappa shape index (κ1) is 19.4. The van der Waals surface area contributed by atoms with E-state index in [0.29, 0.717) is 18.0 Å². The number of ether oxygens (including phenoxy) is 1. The zero-order valence-electron chi connectivity index (χ0n) is 16.0. The molecule has 3 rings (SSSR count). The van der Waals surface area contributed by atoms with Crippen LogP contribution in [0.25, 0.3) is 11.3 Å². The average Bonchev–Trinajstić information content (AvgIpc) is 2.68. The number of aryl methyl sites for hydroxylation is 2. The van der Waals surface area contributed by atoms with Crippen molar-refractivity contribution in [3.05, 3.63) is 82.1 Å². The van der Waals surface area contributed by atoms with Gasteiger partial charge in [-0.1, -0.05) is 36.4 Å². The minimum Gasteiger partial charge on any atom is -0.484 e. The summed E-state index contributed by atoms with van der Waals surface area (Å²) in [6.07, 6.45) is 0. The lowest BCUT2D eigenvalue weighted by Crippen LogP contribution is -2.34. The maximum atomic E-state index is 12.0. The van der Waals surface area contributed by atoms with Crippen molar-refractivity contribution in [1.82, 2.24) is 15.1 Å². The van der Waals surface area contributed by atoms with Crippen molar-refractivity contribution in [2.75, 3.05) is 13.2 Å². The second kappa shape index (κ2) is 8.99. The molecule has 2 aromatic carbocycles. The van der Waals surface area contributed by atoms with E-state index in [1.54, 1.807) is 6.07 Å². The highest BCUT2D eigenvalue weighted by Crippen LogP contribution is 2.16. The summed E-state index contributed by atoms with van der Waals surface area (Å²) in [5, 5.41) is 7.13. The number of nitrogens with zero attached hydrogens (tertiary/aromatic N) is 2. The van der Waals surface area contributed by atoms with Crippen LogP contribution in [0.2, 0.25) is 0 Å². The van der Waals surface area contributed by atoms with Crippen molar-refractivity contribution in [2.45, 2.75) is 20.4 Å². The molecule has 1 N–H and O–H groups in total. The fourth-order valence-corrected chi connectivity index (χ4v) is 2.89. The van der Waals surface area contributed by atoms with Crippen LogP contribution in [-0.4, -0.2) is 28.8 Å². The Balaban J connectivity index is 1.53. The van der Waals surface area contributed by atoms with Crippen molar-refractivity contribution in [3.8, 4) is 17.0 Å². The molecule has 0 fully saturated rings. The maximum absolute atomic E-state index is 12.0. The van der Waals surface area contributed by atoms with Crippen LogP contribution in [0, 0.1) is 13.8 Å². The zero-order chi connectivity index (χ0) is 19.9. The van der Waals surface area contributed by atoms with Crippen molar-refractivity contribution in [1.29, 1.82) is 0 Å². The Kier molecular flexibility index (Phi) is 6.22. The van der Waals surface area contributed by atoms with Crippen molar-refractivity contribution >= 4 is 5.91 Å². The molecule has 0 radical (unpaired) electrons. The first-order valence-electron chi connectivity index (χ1n) is 9.13. The summed E-state index contributed by atoms with van der Waals surface area (Å²) in [5.41, 5.74) is 3.60. The topological polar surface area (TPSA) is 73.2 Å².